The van der Waals surface area contributed by atoms with Gasteiger partial charge in [-0.25, -0.2) is 4.39 Å². The normalized spacial score (nSPS) is 11.8. The Balaban J connectivity index is 3.02. The van der Waals surface area contributed by atoms with E-state index in [2.05, 4.69) is 0 Å². The molecule has 1 aromatic rings. The van der Waals surface area contributed by atoms with Gasteiger partial charge in [0.15, 0.2) is 0 Å². The lowest BCUT2D eigenvalue weighted by molar-refractivity contribution is 0.348. The third kappa shape index (κ3) is 1.92. The highest BCUT2D eigenvalue weighted by Gasteiger charge is 1.99. The number of aryl methyl sites for hydroxylation is 1. The number of hydrogen-bond acceptors (Lipinski definition) is 1. The highest BCUT2D eigenvalue weighted by Crippen LogP contribution is 2.14. The first-order valence-corrected chi connectivity index (χ1v) is 3.75. The third-order valence-electron chi connectivity index (χ3n) is 1.69. The van der Waals surface area contributed by atoms with Crippen molar-refractivity contribution in [2.75, 3.05) is 6.61 Å². The molecule has 0 aliphatic carbocycles. The van der Waals surface area contributed by atoms with Crippen LogP contribution in [0.4, 0.5) is 4.39 Å². The Labute approximate surface area is 71.2 Å². The van der Waals surface area contributed by atoms with E-state index < -0.39 is 0 Å². The summed E-state index contributed by atoms with van der Waals surface area (Å²) >= 11 is 0. The SMILES string of the molecule is Cc1cccc(C(=CF)CO)c1. The molecule has 0 radical (unpaired) electrons. The first-order valence-electron chi connectivity index (χ1n) is 3.75. The molecule has 0 saturated heterocycles. The zero-order chi connectivity index (χ0) is 8.97. The second kappa shape index (κ2) is 4.02. The number of benzene rings is 1. The summed E-state index contributed by atoms with van der Waals surface area (Å²) in [6, 6.07) is 7.37. The van der Waals surface area contributed by atoms with Gasteiger partial charge in [-0.15, -0.1) is 0 Å². The number of aliphatic hydroxyl groups is 1. The Morgan fingerprint density at radius 2 is 2.33 bits per heavy atom. The average molecular weight is 166 g/mol. The van der Waals surface area contributed by atoms with Gasteiger partial charge in [-0.05, 0) is 12.5 Å². The summed E-state index contributed by atoms with van der Waals surface area (Å²) < 4.78 is 12.2. The molecule has 1 aromatic carbocycles. The van der Waals surface area contributed by atoms with Gasteiger partial charge in [0.25, 0.3) is 0 Å². The Morgan fingerprint density at radius 3 is 2.83 bits per heavy atom. The Bertz CT molecular complexity index is 292. The second-order valence-electron chi connectivity index (χ2n) is 2.66. The molecule has 0 unspecified atom stereocenters. The van der Waals surface area contributed by atoms with Crippen molar-refractivity contribution in [2.45, 2.75) is 6.92 Å². The van der Waals surface area contributed by atoms with Crippen LogP contribution in [0.15, 0.2) is 30.6 Å². The van der Waals surface area contributed by atoms with Gasteiger partial charge in [-0.1, -0.05) is 29.8 Å². The van der Waals surface area contributed by atoms with Crippen LogP contribution in [0.1, 0.15) is 11.1 Å². The van der Waals surface area contributed by atoms with Crippen molar-refractivity contribution < 1.29 is 9.50 Å². The van der Waals surface area contributed by atoms with Crippen LogP contribution in [0, 0.1) is 6.92 Å². The maximum atomic E-state index is 12.2. The summed E-state index contributed by atoms with van der Waals surface area (Å²) in [5, 5.41) is 8.76. The molecular weight excluding hydrogens is 155 g/mol. The minimum atomic E-state index is -0.264. The molecule has 12 heavy (non-hydrogen) atoms. The predicted molar refractivity (Wildman–Crippen MR) is 47.3 cm³/mol. The summed E-state index contributed by atoms with van der Waals surface area (Å²) in [5.74, 6) is 0. The topological polar surface area (TPSA) is 20.2 Å². The van der Waals surface area contributed by atoms with Crippen LogP contribution in [-0.2, 0) is 0 Å². The molecule has 0 amide bonds. The molecule has 1 rings (SSSR count). The highest BCUT2D eigenvalue weighted by molar-refractivity contribution is 5.65. The van der Waals surface area contributed by atoms with Gasteiger partial charge in [0.05, 0.1) is 12.9 Å². The monoisotopic (exact) mass is 166 g/mol. The Hall–Kier alpha value is -1.15. The van der Waals surface area contributed by atoms with Gasteiger partial charge in [0, 0.05) is 5.57 Å². The Morgan fingerprint density at radius 1 is 1.58 bits per heavy atom. The smallest absolute Gasteiger partial charge is 0.0928 e. The van der Waals surface area contributed by atoms with Gasteiger partial charge >= 0.3 is 0 Å². The van der Waals surface area contributed by atoms with Crippen LogP contribution in [-0.4, -0.2) is 11.7 Å². The minimum absolute atomic E-state index is 0.264. The Kier molecular flexibility index (Phi) is 3.00. The van der Waals surface area contributed by atoms with E-state index in [1.807, 2.05) is 25.1 Å². The van der Waals surface area contributed by atoms with Crippen molar-refractivity contribution in [1.82, 2.24) is 0 Å². The van der Waals surface area contributed by atoms with E-state index in [-0.39, 0.29) is 6.61 Å². The van der Waals surface area contributed by atoms with Crippen LogP contribution >= 0.6 is 0 Å². The van der Waals surface area contributed by atoms with E-state index >= 15 is 0 Å². The van der Waals surface area contributed by atoms with E-state index in [9.17, 15) is 4.39 Å². The third-order valence-corrected chi connectivity index (χ3v) is 1.69. The number of halogens is 1. The molecule has 0 aliphatic heterocycles. The van der Waals surface area contributed by atoms with Crippen molar-refractivity contribution >= 4 is 5.57 Å². The lowest BCUT2D eigenvalue weighted by atomic mass is 10.1. The first kappa shape index (κ1) is 8.94. The zero-order valence-corrected chi connectivity index (χ0v) is 6.92. The lowest BCUT2D eigenvalue weighted by Gasteiger charge is -2.02. The van der Waals surface area contributed by atoms with Gasteiger partial charge in [-0.3, -0.25) is 0 Å². The van der Waals surface area contributed by atoms with E-state index in [0.717, 1.165) is 11.1 Å². The summed E-state index contributed by atoms with van der Waals surface area (Å²) in [4.78, 5) is 0. The van der Waals surface area contributed by atoms with E-state index in [0.29, 0.717) is 11.9 Å². The molecule has 0 saturated carbocycles. The molecule has 0 bridgehead atoms. The van der Waals surface area contributed by atoms with E-state index in [1.165, 1.54) is 0 Å². The second-order valence-corrected chi connectivity index (χ2v) is 2.66. The molecule has 0 heterocycles. The molecule has 0 fully saturated rings. The first-order chi connectivity index (χ1) is 5.77. The molecule has 2 heteroatoms. The maximum Gasteiger partial charge on any atom is 0.0928 e. The summed E-state index contributed by atoms with van der Waals surface area (Å²) in [6.45, 7) is 1.66. The largest absolute Gasteiger partial charge is 0.392 e. The fourth-order valence-corrected chi connectivity index (χ4v) is 1.03. The molecule has 0 aliphatic rings. The lowest BCUT2D eigenvalue weighted by Crippen LogP contribution is -1.89. The molecular formula is C10H11FO. The minimum Gasteiger partial charge on any atom is -0.392 e. The standard InChI is InChI=1S/C10H11FO/c1-8-3-2-4-9(5-8)10(6-11)7-12/h2-6,12H,7H2,1H3. The van der Waals surface area contributed by atoms with E-state index in [1.54, 1.807) is 6.07 Å². The van der Waals surface area contributed by atoms with Crippen LogP contribution < -0.4 is 0 Å². The summed E-state index contributed by atoms with van der Waals surface area (Å²) in [5.41, 5.74) is 2.11. The van der Waals surface area contributed by atoms with Gasteiger partial charge in [0.1, 0.15) is 0 Å². The summed E-state index contributed by atoms with van der Waals surface area (Å²) in [7, 11) is 0. The van der Waals surface area contributed by atoms with Gasteiger partial charge in [-0.2, -0.15) is 0 Å². The number of aliphatic hydroxyl groups excluding tert-OH is 1. The summed E-state index contributed by atoms with van der Waals surface area (Å²) in [6.07, 6.45) is 0.439. The van der Waals surface area contributed by atoms with Gasteiger partial charge < -0.3 is 5.11 Å². The maximum absolute atomic E-state index is 12.2. The van der Waals surface area contributed by atoms with Gasteiger partial charge in [0.2, 0.25) is 0 Å². The average Bonchev–Trinajstić information content (AvgIpc) is 2.07. The highest BCUT2D eigenvalue weighted by atomic mass is 19.1. The quantitative estimate of drug-likeness (QED) is 0.714. The van der Waals surface area contributed by atoms with Crippen molar-refractivity contribution in [1.29, 1.82) is 0 Å². The van der Waals surface area contributed by atoms with Crippen LogP contribution in [0.25, 0.3) is 5.57 Å². The van der Waals surface area contributed by atoms with Crippen molar-refractivity contribution in [3.63, 3.8) is 0 Å². The van der Waals surface area contributed by atoms with Crippen molar-refractivity contribution in [3.8, 4) is 0 Å². The van der Waals surface area contributed by atoms with Crippen LogP contribution in [0.2, 0.25) is 0 Å². The zero-order valence-electron chi connectivity index (χ0n) is 6.92. The molecule has 1 nitrogen and oxygen atoms in total. The molecule has 0 atom stereocenters. The molecule has 0 aromatic heterocycles. The van der Waals surface area contributed by atoms with Crippen molar-refractivity contribution in [3.05, 3.63) is 41.7 Å². The fraction of sp³-hybridized carbons (Fsp3) is 0.200. The van der Waals surface area contributed by atoms with Crippen LogP contribution in [0.3, 0.4) is 0 Å². The fourth-order valence-electron chi connectivity index (χ4n) is 1.03. The number of hydrogen-bond donors (Lipinski definition) is 1. The molecule has 64 valence electrons. The van der Waals surface area contributed by atoms with Crippen molar-refractivity contribution in [2.24, 2.45) is 0 Å². The molecule has 1 N–H and O–H groups in total. The predicted octanol–water partition coefficient (Wildman–Crippen LogP) is 2.30. The van der Waals surface area contributed by atoms with Crippen LogP contribution in [0.5, 0.6) is 0 Å². The number of rotatable bonds is 2. The molecule has 0 spiro atoms. The van der Waals surface area contributed by atoms with E-state index in [4.69, 9.17) is 5.11 Å².